The van der Waals surface area contributed by atoms with E-state index in [0.29, 0.717) is 16.7 Å². The van der Waals surface area contributed by atoms with Crippen LogP contribution < -0.4 is 4.90 Å². The van der Waals surface area contributed by atoms with E-state index in [1.54, 1.807) is 78.9 Å². The minimum absolute atomic E-state index is 0.0377. The highest BCUT2D eigenvalue weighted by atomic mass is 15.1. The molecule has 8 rings (SSSR count). The smallest absolute Gasteiger partial charge is 0.0645 e. The third-order valence-corrected chi connectivity index (χ3v) is 7.88. The lowest BCUT2D eigenvalue weighted by molar-refractivity contribution is 1.28. The van der Waals surface area contributed by atoms with E-state index in [-0.39, 0.29) is 16.7 Å². The Hall–Kier alpha value is -6.18. The maximum atomic E-state index is 9.46. The van der Waals surface area contributed by atoms with Crippen LogP contribution in [0, 0.1) is 0 Å². The lowest BCUT2D eigenvalue weighted by Crippen LogP contribution is -2.09. The number of rotatable bonds is 7. The van der Waals surface area contributed by atoms with Crippen molar-refractivity contribution >= 4 is 27.8 Å². The van der Waals surface area contributed by atoms with Gasteiger partial charge < -0.3 is 4.90 Å². The number of nitrogens with zero attached hydrogens (tertiary/aromatic N) is 1. The van der Waals surface area contributed by atoms with Crippen LogP contribution in [0.4, 0.5) is 17.1 Å². The fourth-order valence-corrected chi connectivity index (χ4v) is 5.55. The lowest BCUT2D eigenvalue weighted by Gasteiger charge is -2.26. The fourth-order valence-electron chi connectivity index (χ4n) is 5.55. The molecule has 47 heavy (non-hydrogen) atoms. The number of benzene rings is 8. The second-order valence-corrected chi connectivity index (χ2v) is 10.8. The molecule has 0 aliphatic heterocycles. The van der Waals surface area contributed by atoms with Gasteiger partial charge in [-0.2, -0.15) is 0 Å². The van der Waals surface area contributed by atoms with E-state index in [4.69, 9.17) is 5.48 Å². The van der Waals surface area contributed by atoms with Crippen molar-refractivity contribution in [2.75, 3.05) is 4.90 Å². The standard InChI is InChI=1S/C46H33N/c1-3-11-34(12-4-1)36-21-27-42(28-22-36)47(43-29-23-37(24-30-43)35-13-5-2-6-14-35)44-31-25-38(26-32-44)40-17-9-18-41(33-40)46-20-10-16-39-15-7-8-19-45(39)46/h1-33H/i21D,22D,23D,24D,25D,26D,27D,28D,29D,30D,31D,32D. The Morgan fingerprint density at radius 2 is 0.723 bits per heavy atom. The van der Waals surface area contributed by atoms with E-state index in [0.717, 1.165) is 26.8 Å². The van der Waals surface area contributed by atoms with Crippen molar-refractivity contribution in [2.24, 2.45) is 0 Å². The summed E-state index contributed by atoms with van der Waals surface area (Å²) in [6.45, 7) is 0. The molecule has 8 aromatic rings. The van der Waals surface area contributed by atoms with E-state index in [2.05, 4.69) is 0 Å². The quantitative estimate of drug-likeness (QED) is 0.173. The highest BCUT2D eigenvalue weighted by Crippen LogP contribution is 2.38. The van der Waals surface area contributed by atoms with Crippen molar-refractivity contribution in [2.45, 2.75) is 0 Å². The van der Waals surface area contributed by atoms with Crippen LogP contribution in [0.2, 0.25) is 0 Å². The molecule has 1 heteroatoms. The van der Waals surface area contributed by atoms with Gasteiger partial charge in [0.1, 0.15) is 0 Å². The SMILES string of the molecule is [2H]c1c([2H])c(N(c2c([2H])c([2H])c(-c3ccccc3)c([2H])c2[2H])c2c([2H])c([2H])c(-c3cccc(-c4cccc5ccccc45)c3)c([2H])c2[2H])c([2H])c([2H])c1-c1ccccc1. The van der Waals surface area contributed by atoms with Crippen LogP contribution >= 0.6 is 0 Å². The number of hydrogen-bond donors (Lipinski definition) is 0. The van der Waals surface area contributed by atoms with E-state index in [1.165, 1.54) is 0 Å². The van der Waals surface area contributed by atoms with Gasteiger partial charge in [0.05, 0.1) is 16.4 Å². The highest BCUT2D eigenvalue weighted by molar-refractivity contribution is 5.97. The Kier molecular flexibility index (Phi) is 4.88. The summed E-state index contributed by atoms with van der Waals surface area (Å²) in [5.74, 6) is 0. The zero-order chi connectivity index (χ0) is 41.9. The monoisotopic (exact) mass is 611 g/mol. The summed E-state index contributed by atoms with van der Waals surface area (Å²) in [5, 5.41) is 2.00. The number of anilines is 3. The normalized spacial score (nSPS) is 14.6. The average molecular weight is 612 g/mol. The topological polar surface area (TPSA) is 3.24 Å². The van der Waals surface area contributed by atoms with Crippen LogP contribution in [-0.2, 0) is 0 Å². The minimum Gasteiger partial charge on any atom is -0.311 e. The molecule has 0 atom stereocenters. The summed E-state index contributed by atoms with van der Waals surface area (Å²) in [4.78, 5) is 0.835. The molecule has 0 N–H and O–H groups in total. The molecular weight excluding hydrogens is 567 g/mol. The molecule has 0 fully saturated rings. The van der Waals surface area contributed by atoms with Crippen molar-refractivity contribution in [3.05, 3.63) is 200 Å². The third kappa shape index (κ3) is 5.83. The van der Waals surface area contributed by atoms with E-state index >= 15 is 0 Å². The molecule has 0 bridgehead atoms. The number of hydrogen-bond acceptors (Lipinski definition) is 1. The first-order valence-electron chi connectivity index (χ1n) is 21.1. The maximum Gasteiger partial charge on any atom is 0.0645 e. The third-order valence-electron chi connectivity index (χ3n) is 7.88. The van der Waals surface area contributed by atoms with Crippen molar-refractivity contribution in [1.29, 1.82) is 0 Å². The molecule has 0 saturated carbocycles. The first-order chi connectivity index (χ1) is 28.3. The van der Waals surface area contributed by atoms with Crippen LogP contribution in [0.15, 0.2) is 200 Å². The first kappa shape index (κ1) is 18.1. The van der Waals surface area contributed by atoms with Crippen LogP contribution in [0.5, 0.6) is 0 Å². The van der Waals surface area contributed by atoms with Gasteiger partial charge in [0.2, 0.25) is 0 Å². The summed E-state index contributed by atoms with van der Waals surface area (Å²) in [5.41, 5.74) is 0.973. The Labute approximate surface area is 293 Å². The predicted octanol–water partition coefficient (Wildman–Crippen LogP) is 13.0. The van der Waals surface area contributed by atoms with Gasteiger partial charge in [-0.05, 0) is 97.6 Å². The van der Waals surface area contributed by atoms with Gasteiger partial charge in [0.25, 0.3) is 0 Å². The summed E-state index contributed by atoms with van der Waals surface area (Å²) >= 11 is 0. The number of fused-ring (bicyclic) bond motifs is 1. The zero-order valence-electron chi connectivity index (χ0n) is 37.1. The van der Waals surface area contributed by atoms with Gasteiger partial charge in [0.15, 0.2) is 0 Å². The van der Waals surface area contributed by atoms with Gasteiger partial charge in [-0.3, -0.25) is 0 Å². The Balaban J connectivity index is 1.42. The average Bonchev–Trinajstić information content (AvgIpc) is 3.25. The van der Waals surface area contributed by atoms with Crippen LogP contribution in [0.3, 0.4) is 0 Å². The van der Waals surface area contributed by atoms with Crippen molar-refractivity contribution in [3.63, 3.8) is 0 Å². The van der Waals surface area contributed by atoms with Gasteiger partial charge in [-0.15, -0.1) is 0 Å². The zero-order valence-corrected chi connectivity index (χ0v) is 25.1. The molecule has 0 radical (unpaired) electrons. The summed E-state index contributed by atoms with van der Waals surface area (Å²) in [6, 6.07) is 30.6. The first-order valence-corrected chi connectivity index (χ1v) is 15.1. The van der Waals surface area contributed by atoms with E-state index in [1.807, 2.05) is 48.5 Å². The molecule has 0 heterocycles. The molecule has 0 aliphatic carbocycles. The largest absolute Gasteiger partial charge is 0.311 e. The molecular formula is C46H33N. The van der Waals surface area contributed by atoms with Gasteiger partial charge in [-0.1, -0.05) is 158 Å². The summed E-state index contributed by atoms with van der Waals surface area (Å²) in [7, 11) is 0. The molecule has 0 aromatic heterocycles. The summed E-state index contributed by atoms with van der Waals surface area (Å²) < 4.78 is 111. The molecule has 0 aliphatic rings. The minimum atomic E-state index is -0.662. The fraction of sp³-hybridized carbons (Fsp3) is 0. The van der Waals surface area contributed by atoms with Crippen molar-refractivity contribution < 1.29 is 16.4 Å². The molecule has 0 saturated heterocycles. The molecule has 0 spiro atoms. The van der Waals surface area contributed by atoms with Gasteiger partial charge in [-0.25, -0.2) is 0 Å². The molecule has 0 amide bonds. The predicted molar refractivity (Wildman–Crippen MR) is 200 cm³/mol. The van der Waals surface area contributed by atoms with Crippen LogP contribution in [0.1, 0.15) is 16.4 Å². The van der Waals surface area contributed by atoms with Gasteiger partial charge >= 0.3 is 0 Å². The second kappa shape index (κ2) is 12.7. The van der Waals surface area contributed by atoms with Crippen molar-refractivity contribution in [1.82, 2.24) is 0 Å². The van der Waals surface area contributed by atoms with Crippen molar-refractivity contribution in [3.8, 4) is 44.5 Å². The van der Waals surface area contributed by atoms with E-state index in [9.17, 15) is 11.0 Å². The molecule has 1 nitrogen and oxygen atoms in total. The second-order valence-electron chi connectivity index (χ2n) is 10.8. The Morgan fingerprint density at radius 1 is 0.319 bits per heavy atom. The Morgan fingerprint density at radius 3 is 1.28 bits per heavy atom. The van der Waals surface area contributed by atoms with Crippen LogP contribution in [0.25, 0.3) is 55.3 Å². The van der Waals surface area contributed by atoms with Gasteiger partial charge in [0, 0.05) is 17.1 Å². The van der Waals surface area contributed by atoms with E-state index < -0.39 is 89.6 Å². The summed E-state index contributed by atoms with van der Waals surface area (Å²) in [6.07, 6.45) is 0. The molecule has 222 valence electrons. The molecule has 0 unspecified atom stereocenters. The molecule has 8 aromatic carbocycles. The highest BCUT2D eigenvalue weighted by Gasteiger charge is 2.14. The Bertz CT molecular complexity index is 2770. The maximum absolute atomic E-state index is 9.46. The van der Waals surface area contributed by atoms with Crippen LogP contribution in [-0.4, -0.2) is 0 Å². The lowest BCUT2D eigenvalue weighted by atomic mass is 9.95.